The third-order valence-corrected chi connectivity index (χ3v) is 7.29. The van der Waals surface area contributed by atoms with E-state index in [0.29, 0.717) is 24.2 Å². The van der Waals surface area contributed by atoms with Gasteiger partial charge in [-0.25, -0.2) is 14.8 Å². The molecule has 0 spiro atoms. The lowest BCUT2D eigenvalue weighted by atomic mass is 9.95. The third-order valence-electron chi connectivity index (χ3n) is 7.29. The second-order valence-electron chi connectivity index (χ2n) is 9.85. The third kappa shape index (κ3) is 5.25. The average molecular weight is 515 g/mol. The number of H-pyrrole nitrogens is 1. The molecular formula is C29H34N6O3. The molecule has 2 aliphatic heterocycles. The molecule has 5 rings (SSSR count). The zero-order chi connectivity index (χ0) is 26.6. The number of likely N-dealkylation sites (N-methyl/N-ethyl adjacent to an activating group) is 1. The summed E-state index contributed by atoms with van der Waals surface area (Å²) in [5, 5.41) is 2.99. The number of carbonyl (C=O) groups excluding carboxylic acids is 2. The molecule has 0 saturated carbocycles. The fraction of sp³-hybridized carbons (Fsp3) is 0.379. The van der Waals surface area contributed by atoms with Crippen molar-refractivity contribution in [1.29, 1.82) is 0 Å². The summed E-state index contributed by atoms with van der Waals surface area (Å²) in [6.45, 7) is 9.19. The minimum absolute atomic E-state index is 0.183. The Morgan fingerprint density at radius 1 is 1.16 bits per heavy atom. The predicted octanol–water partition coefficient (Wildman–Crippen LogP) is 3.63. The van der Waals surface area contributed by atoms with Crippen molar-refractivity contribution in [1.82, 2.24) is 24.8 Å². The number of amides is 1. The van der Waals surface area contributed by atoms with Gasteiger partial charge in [-0.15, -0.1) is 0 Å². The maximum atomic E-state index is 13.2. The number of anilines is 1. The number of nitrogens with zero attached hydrogens (tertiary/aromatic N) is 4. The molecule has 0 unspecified atom stereocenters. The van der Waals surface area contributed by atoms with Gasteiger partial charge >= 0.3 is 5.97 Å². The van der Waals surface area contributed by atoms with E-state index in [-0.39, 0.29) is 11.9 Å². The SMILES string of the molecule is CCOC(=O)c1c(C)[nH]c(C=C2C(=O)Nc3cccc(-c4cncnc4)c32)c1CCCN1CCN(C)CC1. The van der Waals surface area contributed by atoms with Gasteiger partial charge in [0.1, 0.15) is 6.33 Å². The van der Waals surface area contributed by atoms with Crippen LogP contribution in [0.3, 0.4) is 0 Å². The molecule has 0 radical (unpaired) electrons. The van der Waals surface area contributed by atoms with Crippen molar-refractivity contribution in [2.75, 3.05) is 51.7 Å². The number of rotatable bonds is 8. The van der Waals surface area contributed by atoms with Gasteiger partial charge in [0.25, 0.3) is 5.91 Å². The highest BCUT2D eigenvalue weighted by molar-refractivity contribution is 6.36. The molecule has 1 saturated heterocycles. The first-order chi connectivity index (χ1) is 18.5. The highest BCUT2D eigenvalue weighted by atomic mass is 16.5. The quantitative estimate of drug-likeness (QED) is 0.350. The van der Waals surface area contributed by atoms with E-state index in [4.69, 9.17) is 4.74 Å². The van der Waals surface area contributed by atoms with Gasteiger partial charge < -0.3 is 24.8 Å². The molecule has 2 N–H and O–H groups in total. The molecule has 1 amide bonds. The number of nitrogens with one attached hydrogen (secondary N) is 2. The largest absolute Gasteiger partial charge is 0.462 e. The van der Waals surface area contributed by atoms with Gasteiger partial charge in [-0.2, -0.15) is 0 Å². The summed E-state index contributed by atoms with van der Waals surface area (Å²) in [6.07, 6.45) is 8.44. The molecule has 2 aromatic heterocycles. The average Bonchev–Trinajstić information content (AvgIpc) is 3.41. The Bertz CT molecular complexity index is 1360. The zero-order valence-electron chi connectivity index (χ0n) is 22.2. The summed E-state index contributed by atoms with van der Waals surface area (Å²) in [5.41, 5.74) is 6.76. The topological polar surface area (TPSA) is 103 Å². The molecular weight excluding hydrogens is 480 g/mol. The lowest BCUT2D eigenvalue weighted by Crippen LogP contribution is -2.44. The van der Waals surface area contributed by atoms with Crippen molar-refractivity contribution in [3.05, 3.63) is 65.0 Å². The Morgan fingerprint density at radius 3 is 2.66 bits per heavy atom. The number of aromatic amines is 1. The first-order valence-electron chi connectivity index (χ1n) is 13.2. The molecule has 9 nitrogen and oxygen atoms in total. The maximum Gasteiger partial charge on any atom is 0.340 e. The van der Waals surface area contributed by atoms with Gasteiger partial charge in [0.15, 0.2) is 0 Å². The van der Waals surface area contributed by atoms with Crippen LogP contribution in [0, 0.1) is 6.92 Å². The van der Waals surface area contributed by atoms with Crippen LogP contribution in [0.1, 0.15) is 46.2 Å². The van der Waals surface area contributed by atoms with E-state index in [2.05, 4.69) is 37.1 Å². The minimum Gasteiger partial charge on any atom is -0.462 e. The lowest BCUT2D eigenvalue weighted by Gasteiger charge is -2.32. The van der Waals surface area contributed by atoms with Gasteiger partial charge in [-0.3, -0.25) is 4.79 Å². The van der Waals surface area contributed by atoms with Crippen molar-refractivity contribution in [2.24, 2.45) is 0 Å². The highest BCUT2D eigenvalue weighted by Gasteiger charge is 2.29. The number of aryl methyl sites for hydroxylation is 1. The summed E-state index contributed by atoms with van der Waals surface area (Å²) in [6, 6.07) is 5.76. The van der Waals surface area contributed by atoms with Crippen LogP contribution in [0.15, 0.2) is 36.9 Å². The Hall–Kier alpha value is -3.82. The number of piperazine rings is 1. The van der Waals surface area contributed by atoms with Gasteiger partial charge in [0, 0.05) is 66.8 Å². The van der Waals surface area contributed by atoms with Gasteiger partial charge in [0.05, 0.1) is 17.7 Å². The second kappa shape index (κ2) is 11.3. The van der Waals surface area contributed by atoms with Crippen LogP contribution in [-0.2, 0) is 16.0 Å². The van der Waals surface area contributed by atoms with Crippen molar-refractivity contribution >= 4 is 29.2 Å². The van der Waals surface area contributed by atoms with Crippen LogP contribution in [-0.4, -0.2) is 83.0 Å². The molecule has 198 valence electrons. The Morgan fingerprint density at radius 2 is 1.92 bits per heavy atom. The van der Waals surface area contributed by atoms with E-state index in [1.807, 2.05) is 38.1 Å². The van der Waals surface area contributed by atoms with E-state index in [1.165, 1.54) is 6.33 Å². The molecule has 4 heterocycles. The maximum absolute atomic E-state index is 13.2. The van der Waals surface area contributed by atoms with Crippen molar-refractivity contribution in [2.45, 2.75) is 26.7 Å². The molecule has 0 atom stereocenters. The van der Waals surface area contributed by atoms with Crippen molar-refractivity contribution in [3.63, 3.8) is 0 Å². The molecule has 2 aliphatic rings. The summed E-state index contributed by atoms with van der Waals surface area (Å²) in [4.78, 5) is 42.7. The van der Waals surface area contributed by atoms with Crippen LogP contribution >= 0.6 is 0 Å². The molecule has 0 bridgehead atoms. The van der Waals surface area contributed by atoms with E-state index in [1.54, 1.807) is 12.4 Å². The van der Waals surface area contributed by atoms with Crippen LogP contribution in [0.2, 0.25) is 0 Å². The molecule has 38 heavy (non-hydrogen) atoms. The van der Waals surface area contributed by atoms with Gasteiger partial charge in [0.2, 0.25) is 0 Å². The monoisotopic (exact) mass is 514 g/mol. The Balaban J connectivity index is 1.51. The van der Waals surface area contributed by atoms with Crippen LogP contribution in [0.5, 0.6) is 0 Å². The van der Waals surface area contributed by atoms with Crippen LogP contribution in [0.25, 0.3) is 22.8 Å². The fourth-order valence-electron chi connectivity index (χ4n) is 5.32. The normalized spacial score (nSPS) is 17.0. The first kappa shape index (κ1) is 25.8. The van der Waals surface area contributed by atoms with E-state index in [0.717, 1.165) is 78.5 Å². The smallest absolute Gasteiger partial charge is 0.340 e. The number of carbonyl (C=O) groups is 2. The fourth-order valence-corrected chi connectivity index (χ4v) is 5.32. The summed E-state index contributed by atoms with van der Waals surface area (Å²) < 4.78 is 5.41. The Kier molecular flexibility index (Phi) is 7.67. The number of aromatic nitrogens is 3. The number of hydrogen-bond acceptors (Lipinski definition) is 7. The molecule has 0 aliphatic carbocycles. The number of esters is 1. The first-order valence-corrected chi connectivity index (χ1v) is 13.2. The second-order valence-corrected chi connectivity index (χ2v) is 9.85. The number of benzene rings is 1. The van der Waals surface area contributed by atoms with Crippen LogP contribution < -0.4 is 5.32 Å². The number of fused-ring (bicyclic) bond motifs is 1. The van der Waals surface area contributed by atoms with Crippen molar-refractivity contribution in [3.8, 4) is 11.1 Å². The zero-order valence-corrected chi connectivity index (χ0v) is 22.2. The van der Waals surface area contributed by atoms with Crippen LogP contribution in [0.4, 0.5) is 5.69 Å². The van der Waals surface area contributed by atoms with E-state index in [9.17, 15) is 9.59 Å². The molecule has 3 aromatic rings. The van der Waals surface area contributed by atoms with E-state index >= 15 is 0 Å². The van der Waals surface area contributed by atoms with E-state index < -0.39 is 0 Å². The van der Waals surface area contributed by atoms with Crippen molar-refractivity contribution < 1.29 is 14.3 Å². The molecule has 9 heteroatoms. The molecule has 1 aromatic carbocycles. The lowest BCUT2D eigenvalue weighted by molar-refractivity contribution is -0.110. The van der Waals surface area contributed by atoms with Gasteiger partial charge in [-0.05, 0) is 63.6 Å². The summed E-state index contributed by atoms with van der Waals surface area (Å²) in [7, 11) is 2.15. The summed E-state index contributed by atoms with van der Waals surface area (Å²) in [5.74, 6) is -0.517. The summed E-state index contributed by atoms with van der Waals surface area (Å²) >= 11 is 0. The predicted molar refractivity (Wildman–Crippen MR) is 148 cm³/mol. The standard InChI is InChI=1S/C29H34N6O3/c1-4-38-29(37)26-19(2)32-25(22(26)8-6-10-35-13-11-34(3)12-14-35)15-23-27-21(20-16-30-18-31-17-20)7-5-9-24(27)33-28(23)36/h5,7,9,15-18,32H,4,6,8,10-14H2,1-3H3,(H,33,36). The molecule has 1 fully saturated rings. The number of hydrogen-bond donors (Lipinski definition) is 2. The number of ether oxygens (including phenoxy) is 1. The Labute approximate surface area is 222 Å². The minimum atomic E-state index is -0.334. The van der Waals surface area contributed by atoms with Gasteiger partial charge in [-0.1, -0.05) is 12.1 Å². The highest BCUT2D eigenvalue weighted by Crippen LogP contribution is 2.40.